The molecule has 1 atom stereocenters. The molecule has 49 heavy (non-hydrogen) atoms. The lowest BCUT2D eigenvalue weighted by molar-refractivity contribution is 0.165. The largest absolute Gasteiger partial charge is 0.497 e. The van der Waals surface area contributed by atoms with Crippen molar-refractivity contribution in [3.8, 4) is 44.9 Å². The van der Waals surface area contributed by atoms with E-state index in [-0.39, 0.29) is 5.82 Å². The second-order valence-electron chi connectivity index (χ2n) is 14.2. The van der Waals surface area contributed by atoms with Crippen LogP contribution in [-0.2, 0) is 11.0 Å². The van der Waals surface area contributed by atoms with Crippen LogP contribution in [0.15, 0.2) is 121 Å². The van der Waals surface area contributed by atoms with E-state index in [1.807, 2.05) is 18.2 Å². The van der Waals surface area contributed by atoms with E-state index < -0.39 is 11.0 Å². The number of ether oxygens (including phenoxy) is 2. The molecule has 1 heterocycles. The number of hydrogen-bond donors (Lipinski definition) is 0. The fourth-order valence-electron chi connectivity index (χ4n) is 9.00. The van der Waals surface area contributed by atoms with Gasteiger partial charge in [0.25, 0.3) is 0 Å². The van der Waals surface area contributed by atoms with Gasteiger partial charge in [-0.25, -0.2) is 4.39 Å². The fourth-order valence-corrected chi connectivity index (χ4v) is 9.00. The Kier molecular flexibility index (Phi) is 5.61. The van der Waals surface area contributed by atoms with Crippen molar-refractivity contribution in [2.24, 2.45) is 0 Å². The Morgan fingerprint density at radius 3 is 2.16 bits per heavy atom. The maximum absolute atomic E-state index is 14.8. The molecule has 1 unspecified atom stereocenters. The van der Waals surface area contributed by atoms with Crippen molar-refractivity contribution in [3.05, 3.63) is 161 Å². The number of aryl methyl sites for hydroxylation is 1. The van der Waals surface area contributed by atoms with Crippen LogP contribution in [0.4, 0.5) is 4.39 Å². The smallest absolute Gasteiger partial charge is 0.178 e. The fraction of sp³-hybridized carbons (Fsp3) is 0.130. The molecule has 7 aromatic rings. The molecule has 10 rings (SSSR count). The first-order valence-electron chi connectivity index (χ1n) is 16.9. The molecular formula is C46H33FO2. The lowest BCUT2D eigenvalue weighted by Crippen LogP contribution is -2.35. The van der Waals surface area contributed by atoms with Gasteiger partial charge in [-0.1, -0.05) is 110 Å². The van der Waals surface area contributed by atoms with Crippen molar-refractivity contribution >= 4 is 27.6 Å². The Bertz CT molecular complexity index is 2580. The number of rotatable bonds is 3. The minimum absolute atomic E-state index is 0.215. The molecule has 0 spiro atoms. The van der Waals surface area contributed by atoms with E-state index in [9.17, 15) is 4.39 Å². The monoisotopic (exact) mass is 636 g/mol. The van der Waals surface area contributed by atoms with Gasteiger partial charge in [0.15, 0.2) is 5.60 Å². The first-order chi connectivity index (χ1) is 23.8. The Morgan fingerprint density at radius 1 is 0.653 bits per heavy atom. The molecule has 0 amide bonds. The van der Waals surface area contributed by atoms with E-state index in [1.54, 1.807) is 19.2 Å². The van der Waals surface area contributed by atoms with Crippen molar-refractivity contribution in [3.63, 3.8) is 0 Å². The predicted octanol–water partition coefficient (Wildman–Crippen LogP) is 11.8. The van der Waals surface area contributed by atoms with E-state index in [0.717, 1.165) is 55.7 Å². The van der Waals surface area contributed by atoms with Gasteiger partial charge in [-0.2, -0.15) is 0 Å². The second-order valence-corrected chi connectivity index (χ2v) is 14.2. The van der Waals surface area contributed by atoms with Crippen molar-refractivity contribution in [1.82, 2.24) is 0 Å². The van der Waals surface area contributed by atoms with E-state index >= 15 is 0 Å². The summed E-state index contributed by atoms with van der Waals surface area (Å²) in [5.41, 5.74) is 12.4. The predicted molar refractivity (Wildman–Crippen MR) is 198 cm³/mol. The molecule has 1 aliphatic heterocycles. The molecule has 0 bridgehead atoms. The van der Waals surface area contributed by atoms with Gasteiger partial charge in [0.2, 0.25) is 0 Å². The van der Waals surface area contributed by atoms with E-state index in [4.69, 9.17) is 9.47 Å². The first-order valence-corrected chi connectivity index (χ1v) is 16.9. The van der Waals surface area contributed by atoms with Crippen LogP contribution in [0.1, 0.15) is 47.2 Å². The minimum Gasteiger partial charge on any atom is -0.497 e. The Labute approximate surface area is 285 Å². The summed E-state index contributed by atoms with van der Waals surface area (Å²) in [5, 5.41) is 4.60. The highest BCUT2D eigenvalue weighted by molar-refractivity contribution is 6.16. The molecule has 236 valence electrons. The molecule has 2 aliphatic carbocycles. The molecular weight excluding hydrogens is 604 g/mol. The summed E-state index contributed by atoms with van der Waals surface area (Å²) in [5.74, 6) is 1.43. The van der Waals surface area contributed by atoms with Gasteiger partial charge >= 0.3 is 0 Å². The van der Waals surface area contributed by atoms with Gasteiger partial charge < -0.3 is 9.47 Å². The lowest BCUT2D eigenvalue weighted by Gasteiger charge is -2.39. The van der Waals surface area contributed by atoms with Crippen LogP contribution in [0.3, 0.4) is 0 Å². The summed E-state index contributed by atoms with van der Waals surface area (Å²) in [6, 6.07) is 40.0. The van der Waals surface area contributed by atoms with Crippen LogP contribution < -0.4 is 9.47 Å². The highest BCUT2D eigenvalue weighted by Crippen LogP contribution is 2.59. The zero-order valence-electron chi connectivity index (χ0n) is 27.8. The van der Waals surface area contributed by atoms with Crippen LogP contribution in [0.25, 0.3) is 61.0 Å². The normalized spacial score (nSPS) is 17.4. The van der Waals surface area contributed by atoms with Crippen molar-refractivity contribution in [2.45, 2.75) is 31.8 Å². The third kappa shape index (κ3) is 3.65. The molecule has 7 aromatic carbocycles. The van der Waals surface area contributed by atoms with Crippen LogP contribution in [0, 0.1) is 12.7 Å². The number of halogens is 1. The van der Waals surface area contributed by atoms with Gasteiger partial charge in [-0.15, -0.1) is 0 Å². The molecule has 0 saturated heterocycles. The van der Waals surface area contributed by atoms with E-state index in [1.165, 1.54) is 44.2 Å². The van der Waals surface area contributed by atoms with Crippen LogP contribution in [0.2, 0.25) is 0 Å². The minimum atomic E-state index is -0.947. The molecule has 0 radical (unpaired) electrons. The van der Waals surface area contributed by atoms with Gasteiger partial charge in [0, 0.05) is 27.5 Å². The summed E-state index contributed by atoms with van der Waals surface area (Å²) in [4.78, 5) is 0. The Hall–Kier alpha value is -5.67. The summed E-state index contributed by atoms with van der Waals surface area (Å²) < 4.78 is 28.0. The average molecular weight is 637 g/mol. The lowest BCUT2D eigenvalue weighted by atomic mass is 9.76. The Balaban J connectivity index is 1.29. The molecule has 2 nitrogen and oxygen atoms in total. The second kappa shape index (κ2) is 9.70. The standard InChI is InChI=1S/C46H33FO2/c1-26-12-18-34-38(24-26)44-37(43-42(34)36-19-15-28(47)25-40(36)45(43,2)3)22-23-46(49-44,27-13-16-29(48-4)17-14-27)39-21-20-33-31-9-6-5-8-30(31)32-10-7-11-35(39)41(32)33/h5-25H,1-4H3. The molecule has 0 aromatic heterocycles. The number of hydrogen-bond acceptors (Lipinski definition) is 2. The third-order valence-electron chi connectivity index (χ3n) is 11.2. The van der Waals surface area contributed by atoms with Crippen molar-refractivity contribution in [1.29, 1.82) is 0 Å². The maximum Gasteiger partial charge on any atom is 0.178 e. The van der Waals surface area contributed by atoms with Gasteiger partial charge in [-0.3, -0.25) is 0 Å². The topological polar surface area (TPSA) is 18.5 Å². The van der Waals surface area contributed by atoms with Crippen molar-refractivity contribution in [2.75, 3.05) is 7.11 Å². The third-order valence-corrected chi connectivity index (χ3v) is 11.2. The maximum atomic E-state index is 14.8. The highest BCUT2D eigenvalue weighted by atomic mass is 19.1. The van der Waals surface area contributed by atoms with Crippen molar-refractivity contribution < 1.29 is 13.9 Å². The number of fused-ring (bicyclic) bond motifs is 11. The zero-order valence-corrected chi connectivity index (χ0v) is 27.8. The molecule has 3 aliphatic rings. The molecule has 3 heteroatoms. The summed E-state index contributed by atoms with van der Waals surface area (Å²) in [6.07, 6.45) is 4.51. The van der Waals surface area contributed by atoms with E-state index in [2.05, 4.69) is 118 Å². The summed E-state index contributed by atoms with van der Waals surface area (Å²) in [7, 11) is 1.69. The van der Waals surface area contributed by atoms with Crippen LogP contribution in [0.5, 0.6) is 11.5 Å². The van der Waals surface area contributed by atoms with Crippen LogP contribution in [-0.4, -0.2) is 7.11 Å². The van der Waals surface area contributed by atoms with Gasteiger partial charge in [0.1, 0.15) is 17.3 Å². The zero-order chi connectivity index (χ0) is 33.2. The number of methoxy groups -OCH3 is 1. The molecule has 0 N–H and O–H groups in total. The molecule has 0 fully saturated rings. The number of benzene rings is 7. The average Bonchev–Trinajstić information content (AvgIpc) is 3.57. The quantitative estimate of drug-likeness (QED) is 0.192. The highest BCUT2D eigenvalue weighted by Gasteiger charge is 2.45. The van der Waals surface area contributed by atoms with Crippen LogP contribution >= 0.6 is 0 Å². The summed E-state index contributed by atoms with van der Waals surface area (Å²) >= 11 is 0. The molecule has 0 saturated carbocycles. The SMILES string of the molecule is COc1ccc(C2(c3ccc4c5c(cccc35)-c3ccccc3-4)C=Cc3c4c(c5ccc(C)cc5c3O2)-c2ccc(F)cc2C4(C)C)cc1. The summed E-state index contributed by atoms with van der Waals surface area (Å²) in [6.45, 7) is 6.54. The first kappa shape index (κ1) is 28.4. The van der Waals surface area contributed by atoms with Gasteiger partial charge in [0.05, 0.1) is 7.11 Å². The Morgan fingerprint density at radius 2 is 1.39 bits per heavy atom. The van der Waals surface area contributed by atoms with Gasteiger partial charge in [-0.05, 0) is 104 Å². The van der Waals surface area contributed by atoms with E-state index in [0.29, 0.717) is 0 Å².